The SMILES string of the molecule is COc1ccc(F)cc1CSc1nc2ccccc2c(=O)n1CCCOC(C)C. The molecule has 1 aromatic heterocycles. The normalized spacial score (nSPS) is 11.3. The number of hydrogen-bond acceptors (Lipinski definition) is 5. The fourth-order valence-electron chi connectivity index (χ4n) is 3.00. The van der Waals surface area contributed by atoms with Gasteiger partial charge >= 0.3 is 0 Å². The molecule has 0 bridgehead atoms. The molecule has 0 aliphatic carbocycles. The van der Waals surface area contributed by atoms with Crippen LogP contribution < -0.4 is 10.3 Å². The number of benzene rings is 2. The molecule has 5 nitrogen and oxygen atoms in total. The summed E-state index contributed by atoms with van der Waals surface area (Å²) in [5.41, 5.74) is 1.30. The summed E-state index contributed by atoms with van der Waals surface area (Å²) in [6.45, 7) is 5.04. The molecule has 154 valence electrons. The van der Waals surface area contributed by atoms with E-state index in [-0.39, 0.29) is 17.5 Å². The summed E-state index contributed by atoms with van der Waals surface area (Å²) in [5.74, 6) is 0.726. The first-order chi connectivity index (χ1) is 14.0. The average Bonchev–Trinajstić information content (AvgIpc) is 2.71. The van der Waals surface area contributed by atoms with Gasteiger partial charge in [-0.2, -0.15) is 0 Å². The third kappa shape index (κ3) is 5.36. The van der Waals surface area contributed by atoms with Crippen molar-refractivity contribution in [3.8, 4) is 5.75 Å². The Morgan fingerprint density at radius 2 is 2.00 bits per heavy atom. The number of methoxy groups -OCH3 is 1. The second kappa shape index (κ2) is 9.89. The Labute approximate surface area is 173 Å². The molecular formula is C22H25FN2O3S. The molecule has 0 fully saturated rings. The highest BCUT2D eigenvalue weighted by molar-refractivity contribution is 7.98. The smallest absolute Gasteiger partial charge is 0.262 e. The average molecular weight is 417 g/mol. The monoisotopic (exact) mass is 416 g/mol. The molecule has 0 atom stereocenters. The van der Waals surface area contributed by atoms with Crippen molar-refractivity contribution in [2.24, 2.45) is 0 Å². The van der Waals surface area contributed by atoms with Gasteiger partial charge in [-0.15, -0.1) is 0 Å². The second-order valence-electron chi connectivity index (χ2n) is 6.89. The van der Waals surface area contributed by atoms with Gasteiger partial charge in [0.15, 0.2) is 5.16 Å². The lowest BCUT2D eigenvalue weighted by Crippen LogP contribution is -2.24. The number of para-hydroxylation sites is 1. The Balaban J connectivity index is 1.89. The van der Waals surface area contributed by atoms with Crippen LogP contribution in [0.5, 0.6) is 5.75 Å². The van der Waals surface area contributed by atoms with E-state index in [1.807, 2.05) is 32.0 Å². The van der Waals surface area contributed by atoms with E-state index in [2.05, 4.69) is 0 Å². The first-order valence-corrected chi connectivity index (χ1v) is 10.5. The molecule has 0 saturated heterocycles. The molecule has 0 aliphatic rings. The largest absolute Gasteiger partial charge is 0.496 e. The fourth-order valence-corrected chi connectivity index (χ4v) is 4.00. The summed E-state index contributed by atoms with van der Waals surface area (Å²) >= 11 is 1.40. The van der Waals surface area contributed by atoms with Crippen LogP contribution in [-0.2, 0) is 17.0 Å². The van der Waals surface area contributed by atoms with Crippen molar-refractivity contribution >= 4 is 22.7 Å². The number of thioether (sulfide) groups is 1. The predicted molar refractivity (Wildman–Crippen MR) is 114 cm³/mol. The predicted octanol–water partition coefficient (Wildman–Crippen LogP) is 4.65. The molecule has 0 saturated carbocycles. The van der Waals surface area contributed by atoms with E-state index in [0.717, 1.165) is 5.56 Å². The van der Waals surface area contributed by atoms with Crippen LogP contribution in [0.2, 0.25) is 0 Å². The summed E-state index contributed by atoms with van der Waals surface area (Å²) in [5, 5.41) is 1.19. The third-order valence-electron chi connectivity index (χ3n) is 4.40. The van der Waals surface area contributed by atoms with Gasteiger partial charge < -0.3 is 9.47 Å². The van der Waals surface area contributed by atoms with Gasteiger partial charge in [-0.3, -0.25) is 9.36 Å². The molecule has 29 heavy (non-hydrogen) atoms. The number of aromatic nitrogens is 2. The Hall–Kier alpha value is -2.38. The molecule has 0 aliphatic heterocycles. The molecule has 0 unspecified atom stereocenters. The van der Waals surface area contributed by atoms with Gasteiger partial charge in [0.05, 0.1) is 24.1 Å². The number of ether oxygens (including phenoxy) is 2. The van der Waals surface area contributed by atoms with Crippen molar-refractivity contribution in [1.29, 1.82) is 0 Å². The van der Waals surface area contributed by atoms with Gasteiger partial charge in [0.2, 0.25) is 0 Å². The zero-order valence-electron chi connectivity index (χ0n) is 16.9. The van der Waals surface area contributed by atoms with Crippen molar-refractivity contribution in [2.75, 3.05) is 13.7 Å². The molecular weight excluding hydrogens is 391 g/mol. The summed E-state index contributed by atoms with van der Waals surface area (Å²) in [6, 6.07) is 11.7. The van der Waals surface area contributed by atoms with Crippen LogP contribution in [0.15, 0.2) is 52.4 Å². The van der Waals surface area contributed by atoms with Crippen LogP contribution in [0.1, 0.15) is 25.8 Å². The first kappa shape index (κ1) is 21.3. The first-order valence-electron chi connectivity index (χ1n) is 9.56. The highest BCUT2D eigenvalue weighted by atomic mass is 32.2. The van der Waals surface area contributed by atoms with Crippen molar-refractivity contribution in [2.45, 2.75) is 43.8 Å². The zero-order valence-corrected chi connectivity index (χ0v) is 17.7. The van der Waals surface area contributed by atoms with Gasteiger partial charge in [0.1, 0.15) is 11.6 Å². The van der Waals surface area contributed by atoms with Crippen LogP contribution in [-0.4, -0.2) is 29.4 Å². The van der Waals surface area contributed by atoms with E-state index >= 15 is 0 Å². The Bertz CT molecular complexity index is 1040. The highest BCUT2D eigenvalue weighted by Crippen LogP contribution is 2.28. The van der Waals surface area contributed by atoms with E-state index in [9.17, 15) is 9.18 Å². The number of halogens is 1. The van der Waals surface area contributed by atoms with E-state index in [1.165, 1.54) is 23.9 Å². The molecule has 0 N–H and O–H groups in total. The number of nitrogens with zero attached hydrogens (tertiary/aromatic N) is 2. The maximum absolute atomic E-state index is 13.7. The maximum atomic E-state index is 13.7. The lowest BCUT2D eigenvalue weighted by molar-refractivity contribution is 0.0743. The van der Waals surface area contributed by atoms with Gasteiger partial charge in [-0.25, -0.2) is 9.37 Å². The standard InChI is InChI=1S/C22H25FN2O3S/c1-15(2)28-12-6-11-25-21(26)18-7-4-5-8-19(18)24-22(25)29-14-16-13-17(23)9-10-20(16)27-3/h4-5,7-10,13,15H,6,11-12,14H2,1-3H3. The van der Waals surface area contributed by atoms with Crippen molar-refractivity contribution in [3.05, 3.63) is 64.2 Å². The van der Waals surface area contributed by atoms with Crippen LogP contribution in [0.25, 0.3) is 10.9 Å². The van der Waals surface area contributed by atoms with Crippen molar-refractivity contribution in [3.63, 3.8) is 0 Å². The maximum Gasteiger partial charge on any atom is 0.262 e. The van der Waals surface area contributed by atoms with Crippen LogP contribution in [0.4, 0.5) is 4.39 Å². The van der Waals surface area contributed by atoms with Crippen LogP contribution >= 0.6 is 11.8 Å². The lowest BCUT2D eigenvalue weighted by Gasteiger charge is -2.14. The minimum Gasteiger partial charge on any atom is -0.496 e. The summed E-state index contributed by atoms with van der Waals surface area (Å²) in [7, 11) is 1.56. The van der Waals surface area contributed by atoms with Gasteiger partial charge in [0, 0.05) is 24.5 Å². The molecule has 3 rings (SSSR count). The molecule has 0 spiro atoms. The quantitative estimate of drug-likeness (QED) is 0.289. The zero-order chi connectivity index (χ0) is 20.8. The minimum atomic E-state index is -0.323. The number of fused-ring (bicyclic) bond motifs is 1. The van der Waals surface area contributed by atoms with Crippen LogP contribution in [0, 0.1) is 5.82 Å². The molecule has 0 radical (unpaired) electrons. The second-order valence-corrected chi connectivity index (χ2v) is 7.83. The molecule has 3 aromatic rings. The van der Waals surface area contributed by atoms with Crippen LogP contribution in [0.3, 0.4) is 0 Å². The van der Waals surface area contributed by atoms with E-state index in [0.29, 0.717) is 47.1 Å². The lowest BCUT2D eigenvalue weighted by atomic mass is 10.2. The molecule has 7 heteroatoms. The summed E-state index contributed by atoms with van der Waals surface area (Å²) in [4.78, 5) is 17.7. The van der Waals surface area contributed by atoms with Crippen molar-refractivity contribution < 1.29 is 13.9 Å². The number of rotatable bonds is 9. The van der Waals surface area contributed by atoms with Gasteiger partial charge in [0.25, 0.3) is 5.56 Å². The van der Waals surface area contributed by atoms with E-state index in [4.69, 9.17) is 14.5 Å². The third-order valence-corrected chi connectivity index (χ3v) is 5.43. The van der Waals surface area contributed by atoms with Crippen molar-refractivity contribution in [1.82, 2.24) is 9.55 Å². The van der Waals surface area contributed by atoms with E-state index < -0.39 is 0 Å². The summed E-state index contributed by atoms with van der Waals surface area (Å²) < 4.78 is 26.3. The molecule has 1 heterocycles. The fraction of sp³-hybridized carbons (Fsp3) is 0.364. The molecule has 0 amide bonds. The Kier molecular flexibility index (Phi) is 7.28. The Morgan fingerprint density at radius 1 is 1.21 bits per heavy atom. The Morgan fingerprint density at radius 3 is 2.76 bits per heavy atom. The van der Waals surface area contributed by atoms with E-state index in [1.54, 1.807) is 23.8 Å². The minimum absolute atomic E-state index is 0.0751. The highest BCUT2D eigenvalue weighted by Gasteiger charge is 2.13. The topological polar surface area (TPSA) is 53.3 Å². The van der Waals surface area contributed by atoms with Gasteiger partial charge in [-0.1, -0.05) is 23.9 Å². The summed E-state index contributed by atoms with van der Waals surface area (Å²) in [6.07, 6.45) is 0.852. The van der Waals surface area contributed by atoms with Gasteiger partial charge in [-0.05, 0) is 50.6 Å². The molecule has 2 aromatic carbocycles. The number of hydrogen-bond donors (Lipinski definition) is 0.